The second-order valence-electron chi connectivity index (χ2n) is 6.38. The van der Waals surface area contributed by atoms with Crippen molar-refractivity contribution in [2.45, 2.75) is 26.4 Å². The van der Waals surface area contributed by atoms with Gasteiger partial charge in [-0.25, -0.2) is 4.98 Å². The van der Waals surface area contributed by atoms with Crippen LogP contribution in [0.5, 0.6) is 0 Å². The molecule has 1 aromatic carbocycles. The van der Waals surface area contributed by atoms with Gasteiger partial charge in [-0.15, -0.1) is 0 Å². The van der Waals surface area contributed by atoms with E-state index in [2.05, 4.69) is 29.1 Å². The Labute approximate surface area is 147 Å². The number of amides is 1. The van der Waals surface area contributed by atoms with E-state index in [4.69, 9.17) is 0 Å². The Morgan fingerprint density at radius 2 is 1.92 bits per heavy atom. The highest BCUT2D eigenvalue weighted by Crippen LogP contribution is 2.20. The molecule has 3 aromatic rings. The van der Waals surface area contributed by atoms with Crippen molar-refractivity contribution in [1.82, 2.24) is 19.9 Å². The van der Waals surface area contributed by atoms with Gasteiger partial charge in [-0.2, -0.15) is 0 Å². The van der Waals surface area contributed by atoms with Crippen molar-refractivity contribution in [3.63, 3.8) is 0 Å². The average Bonchev–Trinajstić information content (AvgIpc) is 3.13. The highest BCUT2D eigenvalue weighted by Gasteiger charge is 2.20. The number of aromatic nitrogens is 3. The normalized spacial score (nSPS) is 12.1. The predicted molar refractivity (Wildman–Crippen MR) is 97.1 cm³/mol. The minimum absolute atomic E-state index is 0.0847. The summed E-state index contributed by atoms with van der Waals surface area (Å²) in [6.45, 7) is 4.89. The third-order valence-electron chi connectivity index (χ3n) is 4.10. The van der Waals surface area contributed by atoms with E-state index < -0.39 is 0 Å². The lowest BCUT2D eigenvalue weighted by atomic mass is 9.99. The van der Waals surface area contributed by atoms with E-state index >= 15 is 0 Å². The smallest absolute Gasteiger partial charge is 0.251 e. The molecule has 0 aliphatic heterocycles. The molecular formula is C20H22N4O. The number of carbonyl (C=O) groups is 1. The second kappa shape index (κ2) is 7.75. The predicted octanol–water partition coefficient (Wildman–Crippen LogP) is 3.45. The van der Waals surface area contributed by atoms with Gasteiger partial charge < -0.3 is 9.88 Å². The number of imidazole rings is 1. The maximum absolute atomic E-state index is 12.6. The Bertz CT molecular complexity index is 795. The number of carbonyl (C=O) groups excluding carboxylic acids is 1. The molecule has 5 heteroatoms. The van der Waals surface area contributed by atoms with E-state index in [0.717, 1.165) is 17.8 Å². The van der Waals surface area contributed by atoms with Crippen LogP contribution in [0.3, 0.4) is 0 Å². The minimum Gasteiger partial charge on any atom is -0.343 e. The van der Waals surface area contributed by atoms with Gasteiger partial charge in [0.25, 0.3) is 5.91 Å². The topological polar surface area (TPSA) is 59.8 Å². The molecular weight excluding hydrogens is 312 g/mol. The fourth-order valence-corrected chi connectivity index (χ4v) is 2.72. The molecule has 0 unspecified atom stereocenters. The number of pyridine rings is 1. The van der Waals surface area contributed by atoms with Gasteiger partial charge in [0.1, 0.15) is 0 Å². The second-order valence-corrected chi connectivity index (χ2v) is 6.38. The maximum Gasteiger partial charge on any atom is 0.251 e. The molecule has 3 rings (SSSR count). The van der Waals surface area contributed by atoms with Crippen LogP contribution in [-0.4, -0.2) is 20.4 Å². The molecule has 0 saturated heterocycles. The van der Waals surface area contributed by atoms with Gasteiger partial charge in [-0.1, -0.05) is 32.0 Å². The Hall–Kier alpha value is -2.95. The van der Waals surface area contributed by atoms with Gasteiger partial charge in [0.2, 0.25) is 0 Å². The lowest BCUT2D eigenvalue weighted by Gasteiger charge is -2.22. The van der Waals surface area contributed by atoms with Gasteiger partial charge in [-0.05, 0) is 35.7 Å². The van der Waals surface area contributed by atoms with E-state index in [1.807, 2.05) is 53.2 Å². The minimum atomic E-state index is -0.112. The van der Waals surface area contributed by atoms with Crippen molar-refractivity contribution in [3.8, 4) is 0 Å². The van der Waals surface area contributed by atoms with Crippen LogP contribution < -0.4 is 5.32 Å². The molecule has 0 aliphatic rings. The van der Waals surface area contributed by atoms with Crippen molar-refractivity contribution in [2.24, 2.45) is 5.92 Å². The van der Waals surface area contributed by atoms with Crippen LogP contribution in [0.4, 0.5) is 0 Å². The van der Waals surface area contributed by atoms with Crippen LogP contribution in [-0.2, 0) is 6.54 Å². The van der Waals surface area contributed by atoms with Gasteiger partial charge in [0.15, 0.2) is 0 Å². The van der Waals surface area contributed by atoms with E-state index in [1.165, 1.54) is 0 Å². The number of rotatable bonds is 6. The lowest BCUT2D eigenvalue weighted by Crippen LogP contribution is -2.32. The van der Waals surface area contributed by atoms with Crippen LogP contribution in [0, 0.1) is 5.92 Å². The molecule has 2 aromatic heterocycles. The molecule has 2 heterocycles. The first-order valence-electron chi connectivity index (χ1n) is 8.40. The van der Waals surface area contributed by atoms with Crippen LogP contribution in [0.2, 0.25) is 0 Å². The summed E-state index contributed by atoms with van der Waals surface area (Å²) in [6.07, 6.45) is 7.20. The summed E-state index contributed by atoms with van der Waals surface area (Å²) in [5, 5.41) is 3.10. The number of hydrogen-bond acceptors (Lipinski definition) is 3. The van der Waals surface area contributed by atoms with E-state index in [1.54, 1.807) is 18.7 Å². The fraction of sp³-hybridized carbons (Fsp3) is 0.250. The molecule has 25 heavy (non-hydrogen) atoms. The Morgan fingerprint density at radius 1 is 1.12 bits per heavy atom. The van der Waals surface area contributed by atoms with E-state index in [-0.39, 0.29) is 17.9 Å². The zero-order chi connectivity index (χ0) is 17.6. The largest absolute Gasteiger partial charge is 0.343 e. The molecule has 0 radical (unpaired) electrons. The average molecular weight is 334 g/mol. The first-order valence-corrected chi connectivity index (χ1v) is 8.40. The summed E-state index contributed by atoms with van der Waals surface area (Å²) < 4.78 is 1.99. The quantitative estimate of drug-likeness (QED) is 0.751. The summed E-state index contributed by atoms with van der Waals surface area (Å²) >= 11 is 0. The molecule has 0 fully saturated rings. The van der Waals surface area contributed by atoms with Crippen LogP contribution in [0.25, 0.3) is 0 Å². The number of benzene rings is 1. The fourth-order valence-electron chi connectivity index (χ4n) is 2.72. The van der Waals surface area contributed by atoms with Crippen molar-refractivity contribution in [2.75, 3.05) is 0 Å². The van der Waals surface area contributed by atoms with E-state index in [0.29, 0.717) is 5.56 Å². The highest BCUT2D eigenvalue weighted by atomic mass is 16.1. The molecule has 1 amide bonds. The molecule has 5 nitrogen and oxygen atoms in total. The molecule has 0 aliphatic carbocycles. The van der Waals surface area contributed by atoms with Crippen LogP contribution >= 0.6 is 0 Å². The van der Waals surface area contributed by atoms with Crippen molar-refractivity contribution in [1.29, 1.82) is 0 Å². The summed E-state index contributed by atoms with van der Waals surface area (Å²) in [7, 11) is 0. The third kappa shape index (κ3) is 4.32. The number of nitrogens with zero attached hydrogens (tertiary/aromatic N) is 3. The van der Waals surface area contributed by atoms with Crippen molar-refractivity contribution >= 4 is 5.91 Å². The monoisotopic (exact) mass is 334 g/mol. The molecule has 1 N–H and O–H groups in total. The van der Waals surface area contributed by atoms with Gasteiger partial charge in [0.05, 0.1) is 18.1 Å². The number of hydrogen-bond donors (Lipinski definition) is 1. The molecule has 128 valence electrons. The lowest BCUT2D eigenvalue weighted by molar-refractivity contribution is 0.0924. The number of nitrogens with one attached hydrogen (secondary N) is 1. The van der Waals surface area contributed by atoms with Crippen LogP contribution in [0.15, 0.2) is 67.4 Å². The summed E-state index contributed by atoms with van der Waals surface area (Å²) in [4.78, 5) is 21.0. The summed E-state index contributed by atoms with van der Waals surface area (Å²) in [6, 6.07) is 13.3. The first-order chi connectivity index (χ1) is 12.1. The van der Waals surface area contributed by atoms with Crippen LogP contribution in [0.1, 0.15) is 41.5 Å². The Morgan fingerprint density at radius 3 is 2.52 bits per heavy atom. The molecule has 0 saturated carbocycles. The standard InChI is InChI=1S/C20H22N4O/c1-15(2)19(18-5-3-4-10-22-18)23-20(25)17-8-6-16(7-9-17)13-24-12-11-21-14-24/h3-12,14-15,19H,13H2,1-2H3,(H,23,25)/t19-/m1/s1. The van der Waals surface area contributed by atoms with Crippen molar-refractivity contribution in [3.05, 3.63) is 84.2 Å². The summed E-state index contributed by atoms with van der Waals surface area (Å²) in [5.41, 5.74) is 2.65. The third-order valence-corrected chi connectivity index (χ3v) is 4.10. The first kappa shape index (κ1) is 16.9. The summed E-state index contributed by atoms with van der Waals surface area (Å²) in [5.74, 6) is 0.165. The zero-order valence-corrected chi connectivity index (χ0v) is 14.5. The molecule has 0 spiro atoms. The maximum atomic E-state index is 12.6. The van der Waals surface area contributed by atoms with Gasteiger partial charge in [-0.3, -0.25) is 9.78 Å². The van der Waals surface area contributed by atoms with Gasteiger partial charge in [0, 0.05) is 30.7 Å². The molecule has 0 bridgehead atoms. The van der Waals surface area contributed by atoms with Crippen molar-refractivity contribution < 1.29 is 4.79 Å². The van der Waals surface area contributed by atoms with Gasteiger partial charge >= 0.3 is 0 Å². The SMILES string of the molecule is CC(C)[C@@H](NC(=O)c1ccc(Cn2ccnc2)cc1)c1ccccn1. The molecule has 1 atom stereocenters. The highest BCUT2D eigenvalue weighted by molar-refractivity contribution is 5.94. The Kier molecular flexibility index (Phi) is 5.23. The Balaban J connectivity index is 1.69. The van der Waals surface area contributed by atoms with E-state index in [9.17, 15) is 4.79 Å². The zero-order valence-electron chi connectivity index (χ0n) is 14.5.